The van der Waals surface area contributed by atoms with E-state index in [0.29, 0.717) is 23.9 Å². The lowest BCUT2D eigenvalue weighted by atomic mass is 9.99. The van der Waals surface area contributed by atoms with Crippen LogP contribution < -0.4 is 14.4 Å². The van der Waals surface area contributed by atoms with Gasteiger partial charge in [-0.3, -0.25) is 9.10 Å². The Bertz CT molecular complexity index is 925. The molecule has 0 radical (unpaired) electrons. The minimum atomic E-state index is -3.93. The highest BCUT2D eigenvalue weighted by Gasteiger charge is 2.27. The molecule has 0 aliphatic carbocycles. The zero-order valence-electron chi connectivity index (χ0n) is 18.9. The molecule has 0 fully saturated rings. The average molecular weight is 447 g/mol. The van der Waals surface area contributed by atoms with Crippen molar-refractivity contribution in [3.8, 4) is 5.75 Å². The lowest BCUT2D eigenvalue weighted by Crippen LogP contribution is -2.42. The van der Waals surface area contributed by atoms with Crippen LogP contribution in [-0.4, -0.2) is 34.5 Å². The number of rotatable bonds is 12. The number of carbonyl (C=O) groups is 1. The summed E-state index contributed by atoms with van der Waals surface area (Å²) in [6.07, 6.45) is 4.27. The Labute approximate surface area is 186 Å². The first-order valence-electron chi connectivity index (χ1n) is 10.8. The van der Waals surface area contributed by atoms with Crippen LogP contribution in [0.25, 0.3) is 0 Å². The smallest absolute Gasteiger partial charge is 0.264 e. The molecule has 1 N–H and O–H groups in total. The summed E-state index contributed by atoms with van der Waals surface area (Å²) in [5.74, 6) is 0.652. The van der Waals surface area contributed by atoms with Crippen molar-refractivity contribution in [3.05, 3.63) is 54.1 Å². The molecule has 0 unspecified atom stereocenters. The topological polar surface area (TPSA) is 75.7 Å². The van der Waals surface area contributed by atoms with Gasteiger partial charge < -0.3 is 10.1 Å². The molecule has 1 amide bonds. The van der Waals surface area contributed by atoms with E-state index in [1.807, 2.05) is 19.1 Å². The Morgan fingerprint density at radius 1 is 1.06 bits per heavy atom. The van der Waals surface area contributed by atoms with Crippen LogP contribution in [0.1, 0.15) is 45.1 Å². The number of unbranched alkanes of at least 4 members (excludes halogenated alkanes) is 1. The zero-order chi connectivity index (χ0) is 22.9. The van der Waals surface area contributed by atoms with Gasteiger partial charge in [-0.2, -0.15) is 0 Å². The van der Waals surface area contributed by atoms with Crippen LogP contribution in [0.15, 0.2) is 53.4 Å². The van der Waals surface area contributed by atoms with E-state index in [1.165, 1.54) is 19.2 Å². The highest BCUT2D eigenvalue weighted by atomic mass is 32.2. The maximum absolute atomic E-state index is 13.4. The van der Waals surface area contributed by atoms with Gasteiger partial charge in [-0.15, -0.1) is 0 Å². The van der Waals surface area contributed by atoms with Crippen LogP contribution in [0.2, 0.25) is 0 Å². The molecule has 6 nitrogen and oxygen atoms in total. The summed E-state index contributed by atoms with van der Waals surface area (Å²) in [6, 6.07) is 13.3. The monoisotopic (exact) mass is 446 g/mol. The molecule has 0 heterocycles. The Kier molecular flexibility index (Phi) is 9.37. The van der Waals surface area contributed by atoms with Gasteiger partial charge in [-0.1, -0.05) is 50.8 Å². The molecule has 2 aromatic rings. The van der Waals surface area contributed by atoms with E-state index in [0.717, 1.165) is 35.6 Å². The van der Waals surface area contributed by atoms with Gasteiger partial charge >= 0.3 is 0 Å². The molecule has 2 aromatic carbocycles. The number of benzene rings is 2. The van der Waals surface area contributed by atoms with Gasteiger partial charge in [0, 0.05) is 6.54 Å². The minimum Gasteiger partial charge on any atom is -0.497 e. The second-order valence-corrected chi connectivity index (χ2v) is 9.61. The van der Waals surface area contributed by atoms with E-state index in [-0.39, 0.29) is 17.3 Å². The molecular formula is C24H34N2O4S. The largest absolute Gasteiger partial charge is 0.497 e. The summed E-state index contributed by atoms with van der Waals surface area (Å²) in [6.45, 7) is 6.47. The molecule has 1 atom stereocenters. The zero-order valence-corrected chi connectivity index (χ0v) is 19.7. The van der Waals surface area contributed by atoms with Crippen LogP contribution in [0.3, 0.4) is 0 Å². The molecule has 0 aliphatic rings. The van der Waals surface area contributed by atoms with E-state index in [9.17, 15) is 13.2 Å². The Balaban J connectivity index is 2.24. The maximum Gasteiger partial charge on any atom is 0.264 e. The van der Waals surface area contributed by atoms with E-state index in [1.54, 1.807) is 24.3 Å². The molecule has 2 rings (SSSR count). The van der Waals surface area contributed by atoms with Crippen molar-refractivity contribution in [1.82, 2.24) is 5.32 Å². The number of aryl methyl sites for hydroxylation is 1. The number of hydrogen-bond acceptors (Lipinski definition) is 4. The molecule has 170 valence electrons. The SMILES string of the molecule is CCCC[C@H](CC)CNC(=O)CN(c1ccc(C)cc1)S(=O)(=O)c1ccc(OC)cc1. The van der Waals surface area contributed by atoms with Gasteiger partial charge in [0.2, 0.25) is 5.91 Å². The number of carbonyl (C=O) groups excluding carboxylic acids is 1. The first-order chi connectivity index (χ1) is 14.8. The Morgan fingerprint density at radius 2 is 1.71 bits per heavy atom. The van der Waals surface area contributed by atoms with Gasteiger partial charge in [0.1, 0.15) is 12.3 Å². The third-order valence-electron chi connectivity index (χ3n) is 5.39. The summed E-state index contributed by atoms with van der Waals surface area (Å²) >= 11 is 0. The molecule has 31 heavy (non-hydrogen) atoms. The summed E-state index contributed by atoms with van der Waals surface area (Å²) in [7, 11) is -2.40. The van der Waals surface area contributed by atoms with Gasteiger partial charge in [-0.25, -0.2) is 8.42 Å². The first kappa shape index (κ1) is 24.7. The van der Waals surface area contributed by atoms with Crippen LogP contribution in [0.5, 0.6) is 5.75 Å². The predicted octanol–water partition coefficient (Wildman–Crippen LogP) is 4.53. The summed E-state index contributed by atoms with van der Waals surface area (Å²) in [4.78, 5) is 12.8. The molecule has 0 aliphatic heterocycles. The number of hydrogen-bond donors (Lipinski definition) is 1. The van der Waals surface area contributed by atoms with Crippen molar-refractivity contribution < 1.29 is 17.9 Å². The van der Waals surface area contributed by atoms with Crippen molar-refractivity contribution in [1.29, 1.82) is 0 Å². The van der Waals surface area contributed by atoms with Crippen molar-refractivity contribution in [2.24, 2.45) is 5.92 Å². The average Bonchev–Trinajstić information content (AvgIpc) is 2.78. The normalized spacial score (nSPS) is 12.3. The molecule has 0 bridgehead atoms. The molecular weight excluding hydrogens is 412 g/mol. The fourth-order valence-electron chi connectivity index (χ4n) is 3.29. The Hall–Kier alpha value is -2.54. The lowest BCUT2D eigenvalue weighted by Gasteiger charge is -2.25. The molecule has 0 spiro atoms. The highest BCUT2D eigenvalue weighted by molar-refractivity contribution is 7.92. The standard InChI is InChI=1S/C24H34N2O4S/c1-5-7-8-20(6-2)17-25-24(27)18-26(21-11-9-19(3)10-12-21)31(28,29)23-15-13-22(30-4)14-16-23/h9-16,20H,5-8,17-18H2,1-4H3,(H,25,27)/t20-/m0/s1. The minimum absolute atomic E-state index is 0.107. The number of amides is 1. The van der Waals surface area contributed by atoms with Crippen LogP contribution >= 0.6 is 0 Å². The van der Waals surface area contributed by atoms with Crippen LogP contribution in [0, 0.1) is 12.8 Å². The second-order valence-electron chi connectivity index (χ2n) is 7.74. The van der Waals surface area contributed by atoms with Crippen molar-refractivity contribution in [2.45, 2.75) is 51.3 Å². The first-order valence-corrected chi connectivity index (χ1v) is 12.3. The van der Waals surface area contributed by atoms with E-state index < -0.39 is 10.0 Å². The fraction of sp³-hybridized carbons (Fsp3) is 0.458. The van der Waals surface area contributed by atoms with Gasteiger partial charge in [0.25, 0.3) is 10.0 Å². The molecule has 0 aromatic heterocycles. The fourth-order valence-corrected chi connectivity index (χ4v) is 4.71. The van der Waals surface area contributed by atoms with Crippen molar-refractivity contribution in [3.63, 3.8) is 0 Å². The summed E-state index contributed by atoms with van der Waals surface area (Å²) in [5, 5.41) is 2.93. The Morgan fingerprint density at radius 3 is 2.26 bits per heavy atom. The number of ether oxygens (including phenoxy) is 1. The molecule has 7 heteroatoms. The van der Waals surface area contributed by atoms with E-state index in [4.69, 9.17) is 4.74 Å². The van der Waals surface area contributed by atoms with Crippen LogP contribution in [-0.2, 0) is 14.8 Å². The third-order valence-corrected chi connectivity index (χ3v) is 7.18. The maximum atomic E-state index is 13.4. The summed E-state index contributed by atoms with van der Waals surface area (Å²) < 4.78 is 33.1. The number of methoxy groups -OCH3 is 1. The number of anilines is 1. The molecule has 0 saturated carbocycles. The number of nitrogens with one attached hydrogen (secondary N) is 1. The second kappa shape index (κ2) is 11.7. The van der Waals surface area contributed by atoms with E-state index >= 15 is 0 Å². The van der Waals surface area contributed by atoms with Crippen molar-refractivity contribution >= 4 is 21.6 Å². The predicted molar refractivity (Wildman–Crippen MR) is 125 cm³/mol. The van der Waals surface area contributed by atoms with Crippen LogP contribution in [0.4, 0.5) is 5.69 Å². The van der Waals surface area contributed by atoms with Gasteiger partial charge in [0.15, 0.2) is 0 Å². The third kappa shape index (κ3) is 6.99. The quantitative estimate of drug-likeness (QED) is 0.520. The number of sulfonamides is 1. The lowest BCUT2D eigenvalue weighted by molar-refractivity contribution is -0.119. The van der Waals surface area contributed by atoms with Crippen molar-refractivity contribution in [2.75, 3.05) is 24.5 Å². The van der Waals surface area contributed by atoms with E-state index in [2.05, 4.69) is 19.2 Å². The molecule has 0 saturated heterocycles. The van der Waals surface area contributed by atoms with Gasteiger partial charge in [-0.05, 0) is 55.7 Å². The number of nitrogens with zero attached hydrogens (tertiary/aromatic N) is 1. The highest BCUT2D eigenvalue weighted by Crippen LogP contribution is 2.25. The summed E-state index contributed by atoms with van der Waals surface area (Å²) in [5.41, 5.74) is 1.46. The van der Waals surface area contributed by atoms with Gasteiger partial charge in [0.05, 0.1) is 17.7 Å².